The van der Waals surface area contributed by atoms with Crippen LogP contribution in [0.5, 0.6) is 0 Å². The van der Waals surface area contributed by atoms with Gasteiger partial charge in [0.05, 0.1) is 24.4 Å². The molecule has 372 valence electrons. The first-order valence-corrected chi connectivity index (χ1v) is 31.5. The predicted molar refractivity (Wildman–Crippen MR) is 273 cm³/mol. The Morgan fingerprint density at radius 1 is 0.433 bits per heavy atom. The molecule has 0 aromatic carbocycles. The molecule has 0 radical (unpaired) electrons. The van der Waals surface area contributed by atoms with Crippen molar-refractivity contribution < 1.29 is 9.47 Å². The van der Waals surface area contributed by atoms with Crippen molar-refractivity contribution in [2.45, 2.75) is 262 Å². The van der Waals surface area contributed by atoms with E-state index in [9.17, 15) is 0 Å². The molecule has 0 N–H and O–H groups in total. The topological polar surface area (TPSA) is 21.7 Å². The largest absolute Gasteiger partial charge is 0.374 e. The number of hydrogen-bond acceptors (Lipinski definition) is 3. The van der Waals surface area contributed by atoms with Crippen LogP contribution in [0.25, 0.3) is 0 Å². The molecule has 67 heavy (non-hydrogen) atoms. The fourth-order valence-corrected chi connectivity index (χ4v) is 23.6. The molecule has 14 aliphatic rings. The lowest BCUT2D eigenvalue weighted by atomic mass is 9.45. The Bertz CT molecular complexity index is 1790. The summed E-state index contributed by atoms with van der Waals surface area (Å²) in [4.78, 5) is 3.32. The van der Waals surface area contributed by atoms with Gasteiger partial charge in [-0.2, -0.15) is 0 Å². The summed E-state index contributed by atoms with van der Waals surface area (Å²) in [5, 5.41) is 0. The Balaban J connectivity index is 0.728. The standard InChI is InChI=1S/C64H99NO2/c1-38-14-10-24-51-53-26-12-22-45(63(53)66-61(38)51)42-30-34-57-55(36-42)56-37-43(46-23-13-27-54-52-25-11-15-39(2)62(52)67-64(46)54)31-35-58(56)65(57)44-32-28-41(29-33-44)60-49-20-8-6-18-47(49)59(40-16-4-3-5-17-40)48-19-7-9-21-50(48)60/h4,16,38-55,57,59-64H,3,5-15,17-37H2,1-2H3/t38?,39?,40?,41?,42?,43-,44?,45?,46?,47?,48?,49?,50?,51?,52?,53?,54?,55?,57?,59?,60?,61?,62?,63?,64?/m0/s1. The first kappa shape index (κ1) is 44.9. The SMILES string of the molecule is CC1CCCC2C3CCCC(C4CCC5C(C4)C4=C(CC[C@H](C6CCCC7C8CCCC(C)C8OC76)C4)N5C4CCC(C5C6CCCCC6C(C6C=CCCC6)C6CCCCC65)CC4)C3OC12. The molecule has 0 amide bonds. The van der Waals surface area contributed by atoms with Crippen molar-refractivity contribution in [1.29, 1.82) is 0 Å². The summed E-state index contributed by atoms with van der Waals surface area (Å²) in [7, 11) is 0. The summed E-state index contributed by atoms with van der Waals surface area (Å²) >= 11 is 0. The fourth-order valence-electron chi connectivity index (χ4n) is 23.6. The van der Waals surface area contributed by atoms with Gasteiger partial charge in [-0.1, -0.05) is 77.4 Å². The van der Waals surface area contributed by atoms with Crippen molar-refractivity contribution in [2.24, 2.45) is 112 Å². The molecular weight excluding hydrogens is 815 g/mol. The molecule has 2 saturated heterocycles. The van der Waals surface area contributed by atoms with E-state index in [1.54, 1.807) is 38.5 Å². The van der Waals surface area contributed by atoms with Crippen molar-refractivity contribution in [1.82, 2.24) is 4.90 Å². The van der Waals surface area contributed by atoms with Gasteiger partial charge in [0.15, 0.2) is 0 Å². The molecule has 20 unspecified atom stereocenters. The van der Waals surface area contributed by atoms with Gasteiger partial charge in [0.1, 0.15) is 0 Å². The minimum atomic E-state index is 0.573. The summed E-state index contributed by atoms with van der Waals surface area (Å²) < 4.78 is 14.8. The van der Waals surface area contributed by atoms with Gasteiger partial charge in [-0.25, -0.2) is 0 Å². The maximum absolute atomic E-state index is 7.39. The summed E-state index contributed by atoms with van der Waals surface area (Å²) in [5.41, 5.74) is 4.00. The van der Waals surface area contributed by atoms with Crippen LogP contribution < -0.4 is 0 Å². The van der Waals surface area contributed by atoms with E-state index in [2.05, 4.69) is 30.9 Å². The van der Waals surface area contributed by atoms with Crippen LogP contribution >= 0.6 is 0 Å². The van der Waals surface area contributed by atoms with E-state index in [0.717, 1.165) is 125 Å². The lowest BCUT2D eigenvalue weighted by Crippen LogP contribution is -2.54. The van der Waals surface area contributed by atoms with Crippen molar-refractivity contribution in [3.63, 3.8) is 0 Å². The molecule has 3 heteroatoms. The van der Waals surface area contributed by atoms with E-state index in [-0.39, 0.29) is 0 Å². The first-order chi connectivity index (χ1) is 33.1. The van der Waals surface area contributed by atoms with Crippen LogP contribution in [0.4, 0.5) is 0 Å². The van der Waals surface area contributed by atoms with Gasteiger partial charge in [0, 0.05) is 23.7 Å². The maximum Gasteiger partial charge on any atom is 0.0641 e. The van der Waals surface area contributed by atoms with E-state index >= 15 is 0 Å². The highest BCUT2D eigenvalue weighted by molar-refractivity contribution is 5.31. The second-order valence-corrected chi connectivity index (χ2v) is 28.4. The average Bonchev–Trinajstić information content (AvgIpc) is 4.07. The molecule has 0 aromatic heterocycles. The van der Waals surface area contributed by atoms with Gasteiger partial charge >= 0.3 is 0 Å². The zero-order valence-corrected chi connectivity index (χ0v) is 43.2. The van der Waals surface area contributed by atoms with Crippen LogP contribution in [0, 0.1) is 112 Å². The number of fused-ring (bicyclic) bond motifs is 10. The van der Waals surface area contributed by atoms with E-state index in [1.807, 2.05) is 11.3 Å². The summed E-state index contributed by atoms with van der Waals surface area (Å²) in [6, 6.07) is 1.63. The fraction of sp³-hybridized carbons (Fsp3) is 0.938. The van der Waals surface area contributed by atoms with Crippen LogP contribution in [0.3, 0.4) is 0 Å². The summed E-state index contributed by atoms with van der Waals surface area (Å²) in [5.74, 6) is 17.5. The quantitative estimate of drug-likeness (QED) is 0.257. The van der Waals surface area contributed by atoms with Crippen LogP contribution in [-0.4, -0.2) is 41.4 Å². The lowest BCUT2D eigenvalue weighted by Gasteiger charge is -2.60. The van der Waals surface area contributed by atoms with Gasteiger partial charge in [0.2, 0.25) is 0 Å². The van der Waals surface area contributed by atoms with Gasteiger partial charge in [0.25, 0.3) is 0 Å². The second kappa shape index (κ2) is 18.6. The molecule has 21 atom stereocenters. The van der Waals surface area contributed by atoms with Crippen LogP contribution in [0.1, 0.15) is 226 Å². The van der Waals surface area contributed by atoms with Gasteiger partial charge in [-0.3, -0.25) is 0 Å². The molecule has 9 saturated carbocycles. The zero-order valence-electron chi connectivity index (χ0n) is 43.2. The Hall–Kier alpha value is -0.800. The normalized spacial score (nSPS) is 55.0. The molecular formula is C64H99NO2. The van der Waals surface area contributed by atoms with E-state index in [1.165, 1.54) is 173 Å². The Labute approximate surface area is 410 Å². The Morgan fingerprint density at radius 2 is 0.955 bits per heavy atom. The van der Waals surface area contributed by atoms with E-state index in [0.29, 0.717) is 24.4 Å². The number of hydrogen-bond donors (Lipinski definition) is 0. The molecule has 0 aromatic rings. The van der Waals surface area contributed by atoms with Crippen molar-refractivity contribution in [3.8, 4) is 0 Å². The minimum Gasteiger partial charge on any atom is -0.374 e. The third-order valence-electron chi connectivity index (χ3n) is 25.9. The number of allylic oxidation sites excluding steroid dienone is 3. The number of rotatable bonds is 5. The van der Waals surface area contributed by atoms with Gasteiger partial charge in [-0.05, 0) is 273 Å². The van der Waals surface area contributed by atoms with E-state index < -0.39 is 0 Å². The highest BCUT2D eigenvalue weighted by atomic mass is 16.5. The third kappa shape index (κ3) is 7.59. The molecule has 11 fully saturated rings. The number of nitrogens with zero attached hydrogens (tertiary/aromatic N) is 1. The van der Waals surface area contributed by atoms with Crippen molar-refractivity contribution >= 4 is 0 Å². The third-order valence-corrected chi connectivity index (χ3v) is 25.9. The Morgan fingerprint density at radius 3 is 1.55 bits per heavy atom. The van der Waals surface area contributed by atoms with Crippen molar-refractivity contribution in [3.05, 3.63) is 23.4 Å². The van der Waals surface area contributed by atoms with E-state index in [4.69, 9.17) is 9.47 Å². The molecule has 0 bridgehead atoms. The molecule has 11 aliphatic carbocycles. The molecule has 3 nitrogen and oxygen atoms in total. The summed E-state index contributed by atoms with van der Waals surface area (Å²) in [6.45, 7) is 5.09. The first-order valence-electron chi connectivity index (χ1n) is 31.5. The lowest BCUT2D eigenvalue weighted by molar-refractivity contribution is -0.105. The molecule has 3 aliphatic heterocycles. The molecule has 0 spiro atoms. The van der Waals surface area contributed by atoms with Crippen molar-refractivity contribution in [2.75, 3.05) is 0 Å². The smallest absolute Gasteiger partial charge is 0.0641 e. The Kier molecular flexibility index (Phi) is 12.5. The maximum atomic E-state index is 7.39. The zero-order chi connectivity index (χ0) is 44.3. The molecule has 14 rings (SSSR count). The van der Waals surface area contributed by atoms with Crippen LogP contribution in [0.15, 0.2) is 23.4 Å². The second-order valence-electron chi connectivity index (χ2n) is 28.4. The molecule has 3 heterocycles. The number of ether oxygens (including phenoxy) is 2. The highest BCUT2D eigenvalue weighted by Crippen LogP contribution is 2.64. The van der Waals surface area contributed by atoms with Gasteiger partial charge in [-0.15, -0.1) is 0 Å². The van der Waals surface area contributed by atoms with Gasteiger partial charge < -0.3 is 14.4 Å². The summed E-state index contributed by atoms with van der Waals surface area (Å²) in [6.07, 6.45) is 56.9. The minimum absolute atomic E-state index is 0.573. The average molecular weight is 915 g/mol. The van der Waals surface area contributed by atoms with Crippen LogP contribution in [0.2, 0.25) is 0 Å². The predicted octanol–water partition coefficient (Wildman–Crippen LogP) is 16.2. The monoisotopic (exact) mass is 914 g/mol. The highest BCUT2D eigenvalue weighted by Gasteiger charge is 2.59. The van der Waals surface area contributed by atoms with Crippen LogP contribution in [-0.2, 0) is 9.47 Å².